The van der Waals surface area contributed by atoms with Crippen LogP contribution in [0.25, 0.3) is 0 Å². The van der Waals surface area contributed by atoms with Crippen molar-refractivity contribution in [2.45, 2.75) is 31.8 Å². The van der Waals surface area contributed by atoms with Gasteiger partial charge in [0.05, 0.1) is 11.5 Å². The Hall–Kier alpha value is -0.200. The van der Waals surface area contributed by atoms with Crippen LogP contribution in [-0.2, 0) is 4.84 Å². The highest BCUT2D eigenvalue weighted by molar-refractivity contribution is 4.71. The van der Waals surface area contributed by atoms with Crippen LogP contribution in [0.4, 0.5) is 0 Å². The summed E-state index contributed by atoms with van der Waals surface area (Å²) in [7, 11) is 0. The van der Waals surface area contributed by atoms with Gasteiger partial charge in [-0.15, -0.1) is 0 Å². The molecule has 5 heteroatoms. The van der Waals surface area contributed by atoms with Gasteiger partial charge >= 0.3 is 0 Å². The molecular weight excluding hydrogens is 162 g/mol. The third kappa shape index (κ3) is 3.04. The van der Waals surface area contributed by atoms with Crippen LogP contribution in [-0.4, -0.2) is 33.6 Å². The highest BCUT2D eigenvalue weighted by atomic mass is 17.1. The largest absolute Gasteiger partial charge is 0.396 e. The van der Waals surface area contributed by atoms with Crippen molar-refractivity contribution in [3.05, 3.63) is 0 Å². The highest BCUT2D eigenvalue weighted by Gasteiger charge is 2.22. The van der Waals surface area contributed by atoms with Crippen molar-refractivity contribution in [2.24, 2.45) is 5.92 Å². The van der Waals surface area contributed by atoms with Crippen LogP contribution >= 0.6 is 0 Å². The van der Waals surface area contributed by atoms with Gasteiger partial charge in [-0.1, -0.05) is 0 Å². The summed E-state index contributed by atoms with van der Waals surface area (Å²) in [6.07, 6.45) is 3.18. The van der Waals surface area contributed by atoms with E-state index in [-0.39, 0.29) is 18.1 Å². The summed E-state index contributed by atoms with van der Waals surface area (Å²) in [4.78, 5) is 4.65. The summed E-state index contributed by atoms with van der Waals surface area (Å²) in [6.45, 7) is 0.217. The quantitative estimate of drug-likeness (QED) is 0.549. The lowest BCUT2D eigenvalue weighted by Gasteiger charge is -2.27. The molecule has 0 aromatic heterocycles. The summed E-state index contributed by atoms with van der Waals surface area (Å²) in [5.41, 5.74) is 0. The monoisotopic (exact) mass is 177 g/mol. The van der Waals surface area contributed by atoms with Gasteiger partial charge < -0.3 is 5.11 Å². The average molecular weight is 177 g/mol. The summed E-state index contributed by atoms with van der Waals surface area (Å²) < 4.78 is 0. The predicted octanol–water partition coefficient (Wildman–Crippen LogP) is 0.549. The zero-order chi connectivity index (χ0) is 8.97. The van der Waals surface area contributed by atoms with E-state index >= 15 is 0 Å². The topological polar surface area (TPSA) is 73.2 Å². The highest BCUT2D eigenvalue weighted by Crippen LogP contribution is 2.25. The van der Waals surface area contributed by atoms with E-state index < -0.39 is 0 Å². The maximum absolute atomic E-state index is 8.81. The molecule has 1 aliphatic carbocycles. The van der Waals surface area contributed by atoms with Gasteiger partial charge in [-0.05, 0) is 31.6 Å². The van der Waals surface area contributed by atoms with E-state index in [0.29, 0.717) is 5.92 Å². The molecule has 0 aliphatic heterocycles. The van der Waals surface area contributed by atoms with Crippen molar-refractivity contribution in [3.63, 3.8) is 0 Å². The molecule has 0 spiro atoms. The summed E-state index contributed by atoms with van der Waals surface area (Å²) in [5, 5.41) is 25.3. The molecule has 0 amide bonds. The number of aliphatic hydroxyl groups is 1. The third-order valence-electron chi connectivity index (χ3n) is 2.30. The first-order valence-corrected chi connectivity index (χ1v) is 4.18. The molecule has 0 bridgehead atoms. The lowest BCUT2D eigenvalue weighted by Crippen LogP contribution is -2.29. The molecule has 3 N–H and O–H groups in total. The van der Waals surface area contributed by atoms with Crippen LogP contribution in [0.1, 0.15) is 25.7 Å². The number of hydrogen-bond donors (Lipinski definition) is 3. The van der Waals surface area contributed by atoms with E-state index in [0.717, 1.165) is 25.7 Å². The average Bonchev–Trinajstić information content (AvgIpc) is 2.05. The fourth-order valence-corrected chi connectivity index (χ4v) is 1.55. The molecule has 1 fully saturated rings. The van der Waals surface area contributed by atoms with Gasteiger partial charge in [-0.3, -0.25) is 10.4 Å². The van der Waals surface area contributed by atoms with E-state index in [4.69, 9.17) is 15.5 Å². The second-order valence-electron chi connectivity index (χ2n) is 3.18. The van der Waals surface area contributed by atoms with Crippen molar-refractivity contribution >= 4 is 0 Å². The number of hydrogen-bond acceptors (Lipinski definition) is 5. The Kier molecular flexibility index (Phi) is 3.90. The molecule has 0 radical (unpaired) electrons. The summed E-state index contributed by atoms with van der Waals surface area (Å²) in [6, 6.07) is 0. The standard InChI is InChI=1S/C7H15NO4/c9-5-6-1-3-7(4-2-6)12-8(10)11/h6-7,9-11H,1-5H2. The van der Waals surface area contributed by atoms with Crippen LogP contribution in [0.2, 0.25) is 0 Å². The van der Waals surface area contributed by atoms with E-state index in [1.807, 2.05) is 0 Å². The Balaban J connectivity index is 2.17. The van der Waals surface area contributed by atoms with Crippen molar-refractivity contribution in [3.8, 4) is 0 Å². The molecule has 12 heavy (non-hydrogen) atoms. The molecule has 0 unspecified atom stereocenters. The lowest BCUT2D eigenvalue weighted by atomic mass is 9.88. The van der Waals surface area contributed by atoms with Gasteiger partial charge in [0.25, 0.3) is 0 Å². The van der Waals surface area contributed by atoms with Gasteiger partial charge in [-0.25, -0.2) is 4.84 Å². The van der Waals surface area contributed by atoms with Crippen LogP contribution in [0.15, 0.2) is 0 Å². The Morgan fingerprint density at radius 1 is 1.17 bits per heavy atom. The second kappa shape index (κ2) is 4.74. The number of aliphatic hydroxyl groups excluding tert-OH is 1. The lowest BCUT2D eigenvalue weighted by molar-refractivity contribution is -0.506. The van der Waals surface area contributed by atoms with Crippen LogP contribution in [0, 0.1) is 5.92 Å². The molecule has 0 saturated heterocycles. The van der Waals surface area contributed by atoms with Crippen molar-refractivity contribution in [2.75, 3.05) is 6.61 Å². The molecule has 0 aromatic rings. The Morgan fingerprint density at radius 3 is 2.17 bits per heavy atom. The minimum atomic E-state index is -0.232. The molecular formula is C7H15NO4. The maximum atomic E-state index is 8.81. The number of rotatable bonds is 3. The van der Waals surface area contributed by atoms with Crippen molar-refractivity contribution < 1.29 is 20.4 Å². The molecule has 0 heterocycles. The zero-order valence-electron chi connectivity index (χ0n) is 6.89. The van der Waals surface area contributed by atoms with Gasteiger partial charge in [0.1, 0.15) is 0 Å². The summed E-state index contributed by atoms with van der Waals surface area (Å²) >= 11 is 0. The summed E-state index contributed by atoms with van der Waals surface area (Å²) in [5.74, 6) is 0.357. The Labute approximate surface area is 71.0 Å². The van der Waals surface area contributed by atoms with E-state index in [1.54, 1.807) is 0 Å². The smallest absolute Gasteiger partial charge is 0.0844 e. The second-order valence-corrected chi connectivity index (χ2v) is 3.18. The van der Waals surface area contributed by atoms with Gasteiger partial charge in [0.2, 0.25) is 0 Å². The molecule has 1 saturated carbocycles. The predicted molar refractivity (Wildman–Crippen MR) is 39.3 cm³/mol. The Bertz CT molecular complexity index is 123. The van der Waals surface area contributed by atoms with E-state index in [1.165, 1.54) is 0 Å². The van der Waals surface area contributed by atoms with Crippen molar-refractivity contribution in [1.82, 2.24) is 5.39 Å². The molecule has 0 atom stereocenters. The third-order valence-corrected chi connectivity index (χ3v) is 2.30. The minimum Gasteiger partial charge on any atom is -0.396 e. The molecule has 0 aromatic carbocycles. The Morgan fingerprint density at radius 2 is 1.75 bits per heavy atom. The van der Waals surface area contributed by atoms with Crippen LogP contribution in [0.5, 0.6) is 0 Å². The minimum absolute atomic E-state index is 0.122. The van der Waals surface area contributed by atoms with Gasteiger partial charge in [-0.2, -0.15) is 0 Å². The fraction of sp³-hybridized carbons (Fsp3) is 1.00. The van der Waals surface area contributed by atoms with Gasteiger partial charge in [0, 0.05) is 6.61 Å². The van der Waals surface area contributed by atoms with E-state index in [9.17, 15) is 0 Å². The maximum Gasteiger partial charge on any atom is 0.0844 e. The van der Waals surface area contributed by atoms with Crippen LogP contribution in [0.3, 0.4) is 0 Å². The SMILES string of the molecule is OCC1CCC(ON(O)O)CC1. The van der Waals surface area contributed by atoms with E-state index in [2.05, 4.69) is 4.84 Å². The van der Waals surface area contributed by atoms with Gasteiger partial charge in [0.15, 0.2) is 0 Å². The first-order chi connectivity index (χ1) is 5.72. The fourth-order valence-electron chi connectivity index (χ4n) is 1.55. The first-order valence-electron chi connectivity index (χ1n) is 4.18. The molecule has 1 rings (SSSR count). The van der Waals surface area contributed by atoms with Crippen molar-refractivity contribution in [1.29, 1.82) is 0 Å². The zero-order valence-corrected chi connectivity index (χ0v) is 6.89. The molecule has 72 valence electrons. The normalized spacial score (nSPS) is 31.0. The van der Waals surface area contributed by atoms with Crippen LogP contribution < -0.4 is 0 Å². The molecule has 1 aliphatic rings. The number of nitrogens with zero attached hydrogens (tertiary/aromatic N) is 1. The first kappa shape index (κ1) is 9.88. The molecule has 5 nitrogen and oxygen atoms in total.